The van der Waals surface area contributed by atoms with Crippen LogP contribution in [0, 0.1) is 0 Å². The standard InChI is InChI=1S/C19H23BrClN5O3/c1-19(2,18(28)29-3)24-9-12-5-4-11(8-26(12)13(27)10-24)17-23-15(20)14-16(21)22-6-7-25(14)17/h6-7,11-12H,4-5,8-10H2,1-3H3/t11-,12+/m0/s1. The lowest BCUT2D eigenvalue weighted by Crippen LogP contribution is -2.65. The Morgan fingerprint density at radius 3 is 2.83 bits per heavy atom. The Bertz CT molecular complexity index is 978. The van der Waals surface area contributed by atoms with Crippen molar-refractivity contribution in [3.63, 3.8) is 0 Å². The maximum Gasteiger partial charge on any atom is 0.325 e. The molecule has 0 unspecified atom stereocenters. The minimum absolute atomic E-state index is 0.0301. The topological polar surface area (TPSA) is 80.0 Å². The van der Waals surface area contributed by atoms with Crippen molar-refractivity contribution in [2.24, 2.45) is 0 Å². The predicted octanol–water partition coefficient (Wildman–Crippen LogP) is 2.49. The zero-order chi connectivity index (χ0) is 20.9. The number of carbonyl (C=O) groups excluding carboxylic acids is 2. The lowest BCUT2D eigenvalue weighted by atomic mass is 9.88. The molecule has 8 nitrogen and oxygen atoms in total. The highest BCUT2D eigenvalue weighted by Crippen LogP contribution is 2.36. The minimum Gasteiger partial charge on any atom is -0.468 e. The first-order valence-corrected chi connectivity index (χ1v) is 10.7. The van der Waals surface area contributed by atoms with Crippen LogP contribution in [0.25, 0.3) is 5.52 Å². The van der Waals surface area contributed by atoms with E-state index in [0.717, 1.165) is 24.2 Å². The number of piperidine rings is 1. The van der Waals surface area contributed by atoms with Crippen LogP contribution in [0.5, 0.6) is 0 Å². The molecular formula is C19H23BrClN5O3. The molecule has 10 heteroatoms. The quantitative estimate of drug-likeness (QED) is 0.623. The number of fused-ring (bicyclic) bond motifs is 2. The molecule has 0 aromatic carbocycles. The number of hydrogen-bond donors (Lipinski definition) is 0. The molecule has 2 atom stereocenters. The van der Waals surface area contributed by atoms with Crippen LogP contribution in [0.1, 0.15) is 38.4 Å². The highest BCUT2D eigenvalue weighted by molar-refractivity contribution is 9.10. The second kappa shape index (κ2) is 7.52. The van der Waals surface area contributed by atoms with Crippen molar-refractivity contribution in [1.29, 1.82) is 0 Å². The summed E-state index contributed by atoms with van der Waals surface area (Å²) in [6.07, 6.45) is 5.23. The number of methoxy groups -OCH3 is 1. The third-order valence-electron chi connectivity index (χ3n) is 6.12. The lowest BCUT2D eigenvalue weighted by molar-refractivity contribution is -0.160. The van der Waals surface area contributed by atoms with Gasteiger partial charge in [0.05, 0.1) is 13.7 Å². The summed E-state index contributed by atoms with van der Waals surface area (Å²) in [7, 11) is 1.38. The van der Waals surface area contributed by atoms with Crippen LogP contribution in [0.3, 0.4) is 0 Å². The Kier molecular flexibility index (Phi) is 5.33. The molecule has 156 valence electrons. The summed E-state index contributed by atoms with van der Waals surface area (Å²) in [6, 6.07) is 0.0800. The predicted molar refractivity (Wildman–Crippen MR) is 111 cm³/mol. The van der Waals surface area contributed by atoms with Crippen LogP contribution in [-0.4, -0.2) is 74.4 Å². The maximum absolute atomic E-state index is 13.0. The lowest BCUT2D eigenvalue weighted by Gasteiger charge is -2.49. The number of ether oxygens (including phenoxy) is 1. The van der Waals surface area contributed by atoms with Gasteiger partial charge in [0.1, 0.15) is 21.5 Å². The van der Waals surface area contributed by atoms with Gasteiger partial charge in [0.25, 0.3) is 0 Å². The van der Waals surface area contributed by atoms with E-state index in [1.807, 2.05) is 20.4 Å². The van der Waals surface area contributed by atoms with Gasteiger partial charge in [0.2, 0.25) is 5.91 Å². The van der Waals surface area contributed by atoms with Gasteiger partial charge in [-0.3, -0.25) is 18.9 Å². The minimum atomic E-state index is -0.832. The van der Waals surface area contributed by atoms with Crippen molar-refractivity contribution >= 4 is 44.9 Å². The molecule has 0 radical (unpaired) electrons. The van der Waals surface area contributed by atoms with Gasteiger partial charge in [-0.05, 0) is 42.6 Å². The fourth-order valence-corrected chi connectivity index (χ4v) is 5.29. The molecule has 0 aliphatic carbocycles. The molecule has 2 aromatic heterocycles. The van der Waals surface area contributed by atoms with Crippen LogP contribution >= 0.6 is 27.5 Å². The van der Waals surface area contributed by atoms with Crippen LogP contribution < -0.4 is 0 Å². The average molecular weight is 485 g/mol. The SMILES string of the molecule is COC(=O)C(C)(C)N1CC(=O)N2C[C@@H](c3nc(Br)c4c(Cl)nccn34)CC[C@@H]2C1. The van der Waals surface area contributed by atoms with Crippen molar-refractivity contribution in [2.45, 2.75) is 44.2 Å². The maximum atomic E-state index is 13.0. The van der Waals surface area contributed by atoms with Gasteiger partial charge in [-0.15, -0.1) is 0 Å². The molecule has 0 N–H and O–H groups in total. The monoisotopic (exact) mass is 483 g/mol. The van der Waals surface area contributed by atoms with Crippen molar-refractivity contribution in [2.75, 3.05) is 26.7 Å². The summed E-state index contributed by atoms with van der Waals surface area (Å²) in [6.45, 7) is 5.07. The van der Waals surface area contributed by atoms with E-state index >= 15 is 0 Å². The molecule has 0 spiro atoms. The third kappa shape index (κ3) is 3.43. The van der Waals surface area contributed by atoms with Gasteiger partial charge >= 0.3 is 5.97 Å². The smallest absolute Gasteiger partial charge is 0.325 e. The summed E-state index contributed by atoms with van der Waals surface area (Å²) in [5.74, 6) is 0.682. The van der Waals surface area contributed by atoms with Gasteiger partial charge in [0.15, 0.2) is 5.15 Å². The highest BCUT2D eigenvalue weighted by atomic mass is 79.9. The number of rotatable bonds is 3. The second-order valence-electron chi connectivity index (χ2n) is 8.10. The first-order chi connectivity index (χ1) is 13.7. The summed E-state index contributed by atoms with van der Waals surface area (Å²) >= 11 is 9.71. The zero-order valence-corrected chi connectivity index (χ0v) is 18.9. The third-order valence-corrected chi connectivity index (χ3v) is 6.95. The highest BCUT2D eigenvalue weighted by Gasteiger charge is 2.45. The largest absolute Gasteiger partial charge is 0.468 e. The molecule has 2 saturated heterocycles. The molecule has 2 aliphatic rings. The summed E-state index contributed by atoms with van der Waals surface area (Å²) < 4.78 is 7.54. The van der Waals surface area contributed by atoms with Crippen LogP contribution in [0.4, 0.5) is 0 Å². The van der Waals surface area contributed by atoms with E-state index in [-0.39, 0.29) is 30.4 Å². The van der Waals surface area contributed by atoms with E-state index < -0.39 is 5.54 Å². The molecule has 0 saturated carbocycles. The number of imidazole rings is 1. The van der Waals surface area contributed by atoms with E-state index in [4.69, 9.17) is 16.3 Å². The Morgan fingerprint density at radius 1 is 1.34 bits per heavy atom. The van der Waals surface area contributed by atoms with E-state index in [0.29, 0.717) is 22.8 Å². The van der Waals surface area contributed by atoms with E-state index in [1.165, 1.54) is 7.11 Å². The second-order valence-corrected chi connectivity index (χ2v) is 9.21. The van der Waals surface area contributed by atoms with E-state index in [2.05, 4.69) is 25.9 Å². The number of amides is 1. The molecule has 29 heavy (non-hydrogen) atoms. The van der Waals surface area contributed by atoms with E-state index in [9.17, 15) is 9.59 Å². The molecule has 4 rings (SSSR count). The van der Waals surface area contributed by atoms with Crippen LogP contribution in [0.15, 0.2) is 17.0 Å². The van der Waals surface area contributed by atoms with Gasteiger partial charge in [0, 0.05) is 37.4 Å². The number of piperazine rings is 1. The van der Waals surface area contributed by atoms with Gasteiger partial charge in [-0.2, -0.15) is 0 Å². The summed E-state index contributed by atoms with van der Waals surface area (Å²) in [5, 5.41) is 0.390. The average Bonchev–Trinajstić information content (AvgIpc) is 3.04. The Hall–Kier alpha value is -1.71. The molecule has 1 amide bonds. The number of nitrogens with zero attached hydrogens (tertiary/aromatic N) is 5. The molecule has 2 fully saturated rings. The van der Waals surface area contributed by atoms with Gasteiger partial charge in [-0.1, -0.05) is 11.6 Å². The van der Waals surface area contributed by atoms with Gasteiger partial charge in [-0.25, -0.2) is 9.97 Å². The fraction of sp³-hybridized carbons (Fsp3) is 0.579. The number of carbonyl (C=O) groups is 2. The first kappa shape index (κ1) is 20.6. The Balaban J connectivity index is 1.56. The van der Waals surface area contributed by atoms with Crippen molar-refractivity contribution < 1.29 is 14.3 Å². The van der Waals surface area contributed by atoms with Crippen molar-refractivity contribution in [1.82, 2.24) is 24.2 Å². The van der Waals surface area contributed by atoms with Crippen LogP contribution in [-0.2, 0) is 14.3 Å². The van der Waals surface area contributed by atoms with E-state index in [1.54, 1.807) is 20.0 Å². The first-order valence-electron chi connectivity index (χ1n) is 9.55. The molecular weight excluding hydrogens is 462 g/mol. The summed E-state index contributed by atoms with van der Waals surface area (Å²) in [4.78, 5) is 37.8. The fourth-order valence-electron chi connectivity index (χ4n) is 4.38. The molecule has 0 bridgehead atoms. The molecule has 2 aliphatic heterocycles. The van der Waals surface area contributed by atoms with Crippen molar-refractivity contribution in [3.8, 4) is 0 Å². The number of aromatic nitrogens is 3. The number of hydrogen-bond acceptors (Lipinski definition) is 6. The number of esters is 1. The Morgan fingerprint density at radius 2 is 2.10 bits per heavy atom. The molecule has 4 heterocycles. The van der Waals surface area contributed by atoms with Crippen LogP contribution in [0.2, 0.25) is 5.15 Å². The van der Waals surface area contributed by atoms with Crippen molar-refractivity contribution in [3.05, 3.63) is 28.0 Å². The zero-order valence-electron chi connectivity index (χ0n) is 16.6. The summed E-state index contributed by atoms with van der Waals surface area (Å²) in [5.41, 5.74) is -0.0939. The van der Waals surface area contributed by atoms with Gasteiger partial charge < -0.3 is 9.64 Å². The molecule has 2 aromatic rings. The Labute approximate surface area is 182 Å². The normalized spacial score (nSPS) is 23.3. The number of halogens is 2.